The number of nitrogens with zero attached hydrogens (tertiary/aromatic N) is 1. The number of hydrogen-bond acceptors (Lipinski definition) is 5. The van der Waals surface area contributed by atoms with Gasteiger partial charge in [-0.2, -0.15) is 0 Å². The highest BCUT2D eigenvalue weighted by Gasteiger charge is 2.36. The largest absolute Gasteiger partial charge is 0.467 e. The van der Waals surface area contributed by atoms with Gasteiger partial charge in [-0.05, 0) is 29.7 Å². The molecular formula is C23H24N2O5. The van der Waals surface area contributed by atoms with Gasteiger partial charge in [-0.15, -0.1) is 0 Å². The van der Waals surface area contributed by atoms with E-state index in [1.165, 1.54) is 25.3 Å². The highest BCUT2D eigenvalue weighted by molar-refractivity contribution is 6.22. The van der Waals surface area contributed by atoms with Crippen molar-refractivity contribution in [1.82, 2.24) is 10.2 Å². The van der Waals surface area contributed by atoms with Crippen LogP contribution in [0.4, 0.5) is 0 Å². The van der Waals surface area contributed by atoms with Gasteiger partial charge in [-0.25, -0.2) is 4.79 Å². The molecule has 0 aromatic heterocycles. The lowest BCUT2D eigenvalue weighted by Gasteiger charge is -2.21. The molecule has 30 heavy (non-hydrogen) atoms. The summed E-state index contributed by atoms with van der Waals surface area (Å²) in [5, 5.41) is 2.68. The number of ether oxygens (including phenoxy) is 1. The quantitative estimate of drug-likeness (QED) is 0.562. The standard InChI is InChI=1S/C23H24N2O5/c1-4-14(2)19(23(29)30-3)24-20(26)16-10-11-17-18(12-16)22(28)25(21(17)27)13-15-8-6-5-7-9-15/h5-12,14,19H,4,13H2,1-3H3,(H,24,26). The number of carbonyl (C=O) groups is 4. The molecule has 7 heteroatoms. The second-order valence-corrected chi connectivity index (χ2v) is 7.30. The lowest BCUT2D eigenvalue weighted by molar-refractivity contribution is -0.144. The summed E-state index contributed by atoms with van der Waals surface area (Å²) in [6.45, 7) is 3.91. The van der Waals surface area contributed by atoms with Crippen molar-refractivity contribution in [3.8, 4) is 0 Å². The van der Waals surface area contributed by atoms with Gasteiger partial charge in [0, 0.05) is 5.56 Å². The van der Waals surface area contributed by atoms with Gasteiger partial charge < -0.3 is 10.1 Å². The van der Waals surface area contributed by atoms with Crippen molar-refractivity contribution < 1.29 is 23.9 Å². The van der Waals surface area contributed by atoms with E-state index in [-0.39, 0.29) is 29.2 Å². The van der Waals surface area contributed by atoms with Crippen LogP contribution in [-0.2, 0) is 16.1 Å². The van der Waals surface area contributed by atoms with E-state index >= 15 is 0 Å². The first kappa shape index (κ1) is 21.2. The van der Waals surface area contributed by atoms with Gasteiger partial charge in [0.2, 0.25) is 0 Å². The van der Waals surface area contributed by atoms with Gasteiger partial charge in [0.1, 0.15) is 6.04 Å². The van der Waals surface area contributed by atoms with E-state index in [9.17, 15) is 19.2 Å². The van der Waals surface area contributed by atoms with Crippen LogP contribution < -0.4 is 5.32 Å². The molecular weight excluding hydrogens is 384 g/mol. The number of fused-ring (bicyclic) bond motifs is 1. The van der Waals surface area contributed by atoms with Crippen molar-refractivity contribution in [3.05, 3.63) is 70.8 Å². The molecule has 7 nitrogen and oxygen atoms in total. The van der Waals surface area contributed by atoms with E-state index in [0.29, 0.717) is 6.42 Å². The lowest BCUT2D eigenvalue weighted by Crippen LogP contribution is -2.45. The SMILES string of the molecule is CCC(C)C(NC(=O)c1ccc2c(c1)C(=O)N(Cc1ccccc1)C2=O)C(=O)OC. The van der Waals surface area contributed by atoms with Crippen LogP contribution in [0, 0.1) is 5.92 Å². The van der Waals surface area contributed by atoms with E-state index in [0.717, 1.165) is 10.5 Å². The molecule has 2 aromatic carbocycles. The summed E-state index contributed by atoms with van der Waals surface area (Å²) in [7, 11) is 1.27. The summed E-state index contributed by atoms with van der Waals surface area (Å²) in [6, 6.07) is 12.8. The van der Waals surface area contributed by atoms with Crippen LogP contribution in [0.2, 0.25) is 0 Å². The molecule has 156 valence electrons. The van der Waals surface area contributed by atoms with Crippen molar-refractivity contribution in [2.45, 2.75) is 32.9 Å². The van der Waals surface area contributed by atoms with Crippen LogP contribution >= 0.6 is 0 Å². The van der Waals surface area contributed by atoms with Gasteiger partial charge >= 0.3 is 5.97 Å². The highest BCUT2D eigenvalue weighted by Crippen LogP contribution is 2.26. The Labute approximate surface area is 175 Å². The fourth-order valence-corrected chi connectivity index (χ4v) is 3.36. The minimum absolute atomic E-state index is 0.125. The molecule has 2 aromatic rings. The first-order chi connectivity index (χ1) is 14.4. The summed E-state index contributed by atoms with van der Waals surface area (Å²) in [4.78, 5) is 51.4. The monoisotopic (exact) mass is 408 g/mol. The highest BCUT2D eigenvalue weighted by atomic mass is 16.5. The molecule has 2 atom stereocenters. The molecule has 0 spiro atoms. The van der Waals surface area contributed by atoms with Gasteiger partial charge in [0.15, 0.2) is 0 Å². The fourth-order valence-electron chi connectivity index (χ4n) is 3.36. The Morgan fingerprint density at radius 2 is 1.70 bits per heavy atom. The van der Waals surface area contributed by atoms with Crippen molar-refractivity contribution in [2.75, 3.05) is 7.11 Å². The van der Waals surface area contributed by atoms with Crippen molar-refractivity contribution in [2.24, 2.45) is 5.92 Å². The van der Waals surface area contributed by atoms with E-state index in [4.69, 9.17) is 4.74 Å². The first-order valence-electron chi connectivity index (χ1n) is 9.80. The fraction of sp³-hybridized carbons (Fsp3) is 0.304. The van der Waals surface area contributed by atoms with Crippen LogP contribution in [0.5, 0.6) is 0 Å². The maximum Gasteiger partial charge on any atom is 0.328 e. The number of nitrogens with one attached hydrogen (secondary N) is 1. The van der Waals surface area contributed by atoms with E-state index in [1.54, 1.807) is 0 Å². The number of esters is 1. The topological polar surface area (TPSA) is 92.8 Å². The second-order valence-electron chi connectivity index (χ2n) is 7.30. The molecule has 0 radical (unpaired) electrons. The second kappa shape index (κ2) is 8.90. The summed E-state index contributed by atoms with van der Waals surface area (Å²) in [5.41, 5.74) is 1.48. The Hall–Kier alpha value is -3.48. The summed E-state index contributed by atoms with van der Waals surface area (Å²) in [6.07, 6.45) is 0.672. The first-order valence-corrected chi connectivity index (χ1v) is 9.80. The Balaban J connectivity index is 1.82. The third-order valence-electron chi connectivity index (χ3n) is 5.37. The molecule has 1 heterocycles. The third kappa shape index (κ3) is 4.10. The maximum absolute atomic E-state index is 12.8. The normalized spacial score (nSPS) is 14.8. The molecule has 3 rings (SSSR count). The molecule has 3 amide bonds. The van der Waals surface area contributed by atoms with E-state index in [1.807, 2.05) is 44.2 Å². The number of carbonyl (C=O) groups excluding carboxylic acids is 4. The Bertz CT molecular complexity index is 986. The summed E-state index contributed by atoms with van der Waals surface area (Å²) in [5.74, 6) is -1.99. The van der Waals surface area contributed by atoms with Gasteiger partial charge in [-0.1, -0.05) is 50.6 Å². The number of benzene rings is 2. The van der Waals surface area contributed by atoms with Crippen molar-refractivity contribution in [3.63, 3.8) is 0 Å². The minimum atomic E-state index is -0.798. The molecule has 0 aliphatic carbocycles. The van der Waals surface area contributed by atoms with Gasteiger partial charge in [0.25, 0.3) is 17.7 Å². The Kier molecular flexibility index (Phi) is 6.30. The Morgan fingerprint density at radius 1 is 1.03 bits per heavy atom. The molecule has 0 fully saturated rings. The number of amides is 3. The average molecular weight is 408 g/mol. The molecule has 2 unspecified atom stereocenters. The predicted octanol–water partition coefficient (Wildman–Crippen LogP) is 2.80. The Morgan fingerprint density at radius 3 is 2.33 bits per heavy atom. The number of hydrogen-bond donors (Lipinski definition) is 1. The minimum Gasteiger partial charge on any atom is -0.467 e. The maximum atomic E-state index is 12.8. The number of imide groups is 1. The third-order valence-corrected chi connectivity index (χ3v) is 5.37. The number of methoxy groups -OCH3 is 1. The zero-order valence-corrected chi connectivity index (χ0v) is 17.2. The van der Waals surface area contributed by atoms with Crippen LogP contribution in [0.1, 0.15) is 56.9 Å². The van der Waals surface area contributed by atoms with Crippen LogP contribution in [-0.4, -0.2) is 41.7 Å². The zero-order chi connectivity index (χ0) is 21.8. The van der Waals surface area contributed by atoms with Crippen LogP contribution in [0.25, 0.3) is 0 Å². The van der Waals surface area contributed by atoms with Crippen LogP contribution in [0.15, 0.2) is 48.5 Å². The predicted molar refractivity (Wildman–Crippen MR) is 110 cm³/mol. The van der Waals surface area contributed by atoms with Crippen molar-refractivity contribution >= 4 is 23.7 Å². The molecule has 0 bridgehead atoms. The smallest absolute Gasteiger partial charge is 0.328 e. The van der Waals surface area contributed by atoms with E-state index < -0.39 is 29.7 Å². The van der Waals surface area contributed by atoms with Gasteiger partial charge in [-0.3, -0.25) is 19.3 Å². The van der Waals surface area contributed by atoms with Crippen molar-refractivity contribution in [1.29, 1.82) is 0 Å². The zero-order valence-electron chi connectivity index (χ0n) is 17.2. The van der Waals surface area contributed by atoms with Gasteiger partial charge in [0.05, 0.1) is 24.8 Å². The number of rotatable bonds is 7. The van der Waals surface area contributed by atoms with Crippen LogP contribution in [0.3, 0.4) is 0 Å². The molecule has 0 saturated carbocycles. The molecule has 1 aliphatic rings. The average Bonchev–Trinajstić information content (AvgIpc) is 3.01. The molecule has 1 aliphatic heterocycles. The van der Waals surface area contributed by atoms with E-state index in [2.05, 4.69) is 5.32 Å². The lowest BCUT2D eigenvalue weighted by atomic mass is 9.98. The summed E-state index contributed by atoms with van der Waals surface area (Å²) >= 11 is 0. The molecule has 0 saturated heterocycles. The molecule has 1 N–H and O–H groups in total. The summed E-state index contributed by atoms with van der Waals surface area (Å²) < 4.78 is 4.79.